The van der Waals surface area contributed by atoms with Crippen LogP contribution in [0.1, 0.15) is 13.3 Å². The predicted molar refractivity (Wildman–Crippen MR) is 54.3 cm³/mol. The van der Waals surface area contributed by atoms with Gasteiger partial charge in [0.2, 0.25) is 0 Å². The second-order valence-electron chi connectivity index (χ2n) is 3.89. The smallest absolute Gasteiger partial charge is 0.0897 e. The van der Waals surface area contributed by atoms with Crippen molar-refractivity contribution < 1.29 is 14.6 Å². The van der Waals surface area contributed by atoms with Gasteiger partial charge in [0.05, 0.1) is 18.8 Å². The fourth-order valence-electron chi connectivity index (χ4n) is 1.73. The van der Waals surface area contributed by atoms with Gasteiger partial charge in [-0.05, 0) is 19.3 Å². The fourth-order valence-corrected chi connectivity index (χ4v) is 1.73. The number of rotatable bonds is 6. The summed E-state index contributed by atoms with van der Waals surface area (Å²) in [6, 6.07) is 0. The van der Waals surface area contributed by atoms with Crippen molar-refractivity contribution in [1.29, 1.82) is 0 Å². The Labute approximate surface area is 85.6 Å². The minimum Gasteiger partial charge on any atom is -0.389 e. The molecular weight excluding hydrogens is 182 g/mol. The van der Waals surface area contributed by atoms with E-state index in [9.17, 15) is 5.11 Å². The number of methoxy groups -OCH3 is 1. The molecule has 0 aromatic heterocycles. The highest BCUT2D eigenvalue weighted by Gasteiger charge is 2.23. The third-order valence-corrected chi connectivity index (χ3v) is 2.68. The summed E-state index contributed by atoms with van der Waals surface area (Å²) >= 11 is 0. The van der Waals surface area contributed by atoms with Crippen molar-refractivity contribution in [1.82, 2.24) is 5.32 Å². The topological polar surface area (TPSA) is 50.7 Å². The van der Waals surface area contributed by atoms with E-state index in [0.29, 0.717) is 25.2 Å². The normalized spacial score (nSPS) is 29.4. The second kappa shape index (κ2) is 6.35. The van der Waals surface area contributed by atoms with Crippen LogP contribution in [0.4, 0.5) is 0 Å². The highest BCUT2D eigenvalue weighted by molar-refractivity contribution is 4.75. The summed E-state index contributed by atoms with van der Waals surface area (Å²) in [5.74, 6) is 0.588. The molecule has 0 aromatic carbocycles. The monoisotopic (exact) mass is 203 g/mol. The van der Waals surface area contributed by atoms with Crippen molar-refractivity contribution in [2.24, 2.45) is 5.92 Å². The molecule has 0 aromatic rings. The van der Waals surface area contributed by atoms with E-state index in [0.717, 1.165) is 19.6 Å². The quantitative estimate of drug-likeness (QED) is 0.638. The summed E-state index contributed by atoms with van der Waals surface area (Å²) in [5.41, 5.74) is 0. The number of nitrogens with one attached hydrogen (secondary N) is 1. The minimum absolute atomic E-state index is 0.349. The summed E-state index contributed by atoms with van der Waals surface area (Å²) < 4.78 is 10.3. The van der Waals surface area contributed by atoms with Gasteiger partial charge >= 0.3 is 0 Å². The van der Waals surface area contributed by atoms with Gasteiger partial charge in [0.25, 0.3) is 0 Å². The molecule has 0 amide bonds. The maximum absolute atomic E-state index is 9.37. The third kappa shape index (κ3) is 3.92. The maximum atomic E-state index is 9.37. The largest absolute Gasteiger partial charge is 0.389 e. The summed E-state index contributed by atoms with van der Waals surface area (Å²) in [4.78, 5) is 0. The Morgan fingerprint density at radius 1 is 1.64 bits per heavy atom. The van der Waals surface area contributed by atoms with Crippen LogP contribution in [0.2, 0.25) is 0 Å². The average molecular weight is 203 g/mol. The molecule has 1 aliphatic heterocycles. The first-order valence-corrected chi connectivity index (χ1v) is 5.23. The van der Waals surface area contributed by atoms with Gasteiger partial charge in [-0.15, -0.1) is 0 Å². The van der Waals surface area contributed by atoms with Crippen molar-refractivity contribution in [2.75, 3.05) is 33.4 Å². The number of hydrogen-bond donors (Lipinski definition) is 2. The lowest BCUT2D eigenvalue weighted by atomic mass is 10.0. The van der Waals surface area contributed by atoms with E-state index in [2.05, 4.69) is 12.2 Å². The molecule has 3 atom stereocenters. The van der Waals surface area contributed by atoms with Crippen LogP contribution in [-0.2, 0) is 9.47 Å². The molecule has 1 saturated heterocycles. The van der Waals surface area contributed by atoms with Crippen molar-refractivity contribution in [3.05, 3.63) is 0 Å². The first kappa shape index (κ1) is 11.9. The van der Waals surface area contributed by atoms with E-state index in [1.165, 1.54) is 0 Å². The third-order valence-electron chi connectivity index (χ3n) is 2.68. The van der Waals surface area contributed by atoms with E-state index in [1.807, 2.05) is 0 Å². The van der Waals surface area contributed by atoms with Gasteiger partial charge in [-0.1, -0.05) is 0 Å². The molecular formula is C10H21NO3. The molecule has 3 unspecified atom stereocenters. The molecule has 0 spiro atoms. The Balaban J connectivity index is 2.03. The summed E-state index contributed by atoms with van der Waals surface area (Å²) in [6.45, 7) is 4.88. The number of hydrogen-bond acceptors (Lipinski definition) is 4. The second-order valence-corrected chi connectivity index (χ2v) is 3.89. The zero-order valence-corrected chi connectivity index (χ0v) is 9.03. The van der Waals surface area contributed by atoms with Gasteiger partial charge in [-0.2, -0.15) is 0 Å². The van der Waals surface area contributed by atoms with E-state index >= 15 is 0 Å². The molecule has 1 rings (SSSR count). The molecule has 4 nitrogen and oxygen atoms in total. The molecule has 84 valence electrons. The lowest BCUT2D eigenvalue weighted by molar-refractivity contribution is 0.0623. The Hall–Kier alpha value is -0.160. The van der Waals surface area contributed by atoms with Crippen LogP contribution < -0.4 is 5.32 Å². The molecule has 2 N–H and O–H groups in total. The molecule has 1 heterocycles. The molecule has 14 heavy (non-hydrogen) atoms. The van der Waals surface area contributed by atoms with Gasteiger partial charge < -0.3 is 19.9 Å². The first-order valence-electron chi connectivity index (χ1n) is 5.23. The summed E-state index contributed by atoms with van der Waals surface area (Å²) in [5, 5.41) is 12.6. The van der Waals surface area contributed by atoms with E-state index in [-0.39, 0.29) is 0 Å². The molecule has 0 radical (unpaired) electrons. The fraction of sp³-hybridized carbons (Fsp3) is 1.00. The van der Waals surface area contributed by atoms with Crippen LogP contribution in [0.3, 0.4) is 0 Å². The lowest BCUT2D eigenvalue weighted by Crippen LogP contribution is -2.34. The standard InChI is InChI=1S/C10H21NO3/c1-8-9(3-4-14-8)5-11-6-10(12)7-13-2/h8-12H,3-7H2,1-2H3. The van der Waals surface area contributed by atoms with Crippen LogP contribution in [-0.4, -0.2) is 50.7 Å². The number of aliphatic hydroxyl groups is 1. The van der Waals surface area contributed by atoms with Crippen molar-refractivity contribution >= 4 is 0 Å². The lowest BCUT2D eigenvalue weighted by Gasteiger charge is -2.16. The van der Waals surface area contributed by atoms with Crippen molar-refractivity contribution in [3.8, 4) is 0 Å². The van der Waals surface area contributed by atoms with E-state index in [4.69, 9.17) is 9.47 Å². The molecule has 0 bridgehead atoms. The first-order chi connectivity index (χ1) is 6.74. The van der Waals surface area contributed by atoms with Gasteiger partial charge in [-0.25, -0.2) is 0 Å². The number of ether oxygens (including phenoxy) is 2. The van der Waals surface area contributed by atoms with Crippen LogP contribution >= 0.6 is 0 Å². The van der Waals surface area contributed by atoms with Crippen LogP contribution in [0, 0.1) is 5.92 Å². The minimum atomic E-state index is -0.405. The van der Waals surface area contributed by atoms with E-state index < -0.39 is 6.10 Å². The van der Waals surface area contributed by atoms with Gasteiger partial charge in [0, 0.05) is 26.8 Å². The highest BCUT2D eigenvalue weighted by Crippen LogP contribution is 2.18. The molecule has 0 saturated carbocycles. The van der Waals surface area contributed by atoms with Crippen molar-refractivity contribution in [3.63, 3.8) is 0 Å². The van der Waals surface area contributed by atoms with Crippen LogP contribution in [0.25, 0.3) is 0 Å². The Morgan fingerprint density at radius 3 is 3.00 bits per heavy atom. The Kier molecular flexibility index (Phi) is 5.40. The molecule has 1 fully saturated rings. The zero-order valence-electron chi connectivity index (χ0n) is 9.03. The predicted octanol–water partition coefficient (Wildman–Crippen LogP) is 0.00830. The average Bonchev–Trinajstić information content (AvgIpc) is 2.52. The van der Waals surface area contributed by atoms with Gasteiger partial charge in [-0.3, -0.25) is 0 Å². The number of aliphatic hydroxyl groups excluding tert-OH is 1. The van der Waals surface area contributed by atoms with E-state index in [1.54, 1.807) is 7.11 Å². The summed E-state index contributed by atoms with van der Waals surface area (Å²) in [6.07, 6.45) is 1.06. The Morgan fingerprint density at radius 2 is 2.43 bits per heavy atom. The van der Waals surface area contributed by atoms with Crippen LogP contribution in [0.5, 0.6) is 0 Å². The zero-order chi connectivity index (χ0) is 10.4. The SMILES string of the molecule is COCC(O)CNCC1CCOC1C. The molecule has 0 aliphatic carbocycles. The van der Waals surface area contributed by atoms with Gasteiger partial charge in [0.1, 0.15) is 0 Å². The molecule has 1 aliphatic rings. The summed E-state index contributed by atoms with van der Waals surface area (Å²) in [7, 11) is 1.59. The molecule has 4 heteroatoms. The maximum Gasteiger partial charge on any atom is 0.0897 e. The highest BCUT2D eigenvalue weighted by atomic mass is 16.5. The van der Waals surface area contributed by atoms with Gasteiger partial charge in [0.15, 0.2) is 0 Å². The van der Waals surface area contributed by atoms with Crippen LogP contribution in [0.15, 0.2) is 0 Å². The van der Waals surface area contributed by atoms with Crippen molar-refractivity contribution in [2.45, 2.75) is 25.6 Å². The Bertz CT molecular complexity index is 154.